The van der Waals surface area contributed by atoms with Crippen LogP contribution in [-0.2, 0) is 0 Å². The number of aliphatic hydroxyl groups excluding tert-OH is 1. The van der Waals surface area contributed by atoms with E-state index >= 15 is 0 Å². The van der Waals surface area contributed by atoms with Crippen molar-refractivity contribution < 1.29 is 9.90 Å². The van der Waals surface area contributed by atoms with Gasteiger partial charge in [-0.3, -0.25) is 19.2 Å². The zero-order chi connectivity index (χ0) is 14.6. The predicted octanol–water partition coefficient (Wildman–Crippen LogP) is 0.846. The van der Waals surface area contributed by atoms with Crippen molar-refractivity contribution in [1.29, 1.82) is 0 Å². The number of fused-ring (bicyclic) bond motifs is 2. The van der Waals surface area contributed by atoms with E-state index in [-0.39, 0.29) is 22.9 Å². The van der Waals surface area contributed by atoms with Gasteiger partial charge in [0.15, 0.2) is 5.43 Å². The van der Waals surface area contributed by atoms with Gasteiger partial charge in [0.2, 0.25) is 0 Å². The van der Waals surface area contributed by atoms with Crippen LogP contribution in [0.15, 0.2) is 23.1 Å². The summed E-state index contributed by atoms with van der Waals surface area (Å²) in [7, 11) is 0. The van der Waals surface area contributed by atoms with Crippen LogP contribution in [0, 0.1) is 5.41 Å². The van der Waals surface area contributed by atoms with E-state index in [2.05, 4.69) is 5.43 Å². The summed E-state index contributed by atoms with van der Waals surface area (Å²) in [6, 6.07) is 2.76. The first-order valence-electron chi connectivity index (χ1n) is 7.61. The second-order valence-corrected chi connectivity index (χ2v) is 6.48. The van der Waals surface area contributed by atoms with Gasteiger partial charge in [-0.25, -0.2) is 0 Å². The Labute approximate surface area is 122 Å². The average molecular weight is 289 g/mol. The van der Waals surface area contributed by atoms with E-state index in [1.807, 2.05) is 0 Å². The van der Waals surface area contributed by atoms with E-state index in [1.54, 1.807) is 10.9 Å². The second-order valence-electron chi connectivity index (χ2n) is 6.48. The zero-order valence-electron chi connectivity index (χ0n) is 11.8. The lowest BCUT2D eigenvalue weighted by atomic mass is 9.72. The molecule has 0 aromatic carbocycles. The molecule has 4 rings (SSSR count). The maximum Gasteiger partial charge on any atom is 0.276 e. The third-order valence-corrected chi connectivity index (χ3v) is 5.26. The molecular formula is C15H19N3O3. The number of hydrogen-bond donors (Lipinski definition) is 2. The number of aromatic nitrogens is 1. The molecule has 3 aliphatic rings. The van der Waals surface area contributed by atoms with Gasteiger partial charge < -0.3 is 10.5 Å². The van der Waals surface area contributed by atoms with Crippen LogP contribution in [0.1, 0.15) is 49.0 Å². The normalized spacial score (nSPS) is 30.0. The fraction of sp³-hybridized carbons (Fsp3) is 0.600. The van der Waals surface area contributed by atoms with E-state index in [9.17, 15) is 14.7 Å². The van der Waals surface area contributed by atoms with Crippen molar-refractivity contribution in [3.63, 3.8) is 0 Å². The van der Waals surface area contributed by atoms with Crippen LogP contribution in [0.4, 0.5) is 0 Å². The third kappa shape index (κ3) is 1.75. The molecule has 1 spiro atoms. The van der Waals surface area contributed by atoms with Crippen LogP contribution in [0.2, 0.25) is 0 Å². The van der Waals surface area contributed by atoms with Crippen molar-refractivity contribution in [2.45, 2.75) is 50.9 Å². The number of carbonyl (C=O) groups excluding carboxylic acids is 1. The molecule has 1 aliphatic carbocycles. The van der Waals surface area contributed by atoms with Gasteiger partial charge in [-0.2, -0.15) is 0 Å². The number of hydrogen-bond acceptors (Lipinski definition) is 4. The Hall–Kier alpha value is -1.82. The largest absolute Gasteiger partial charge is 0.373 e. The molecule has 2 fully saturated rings. The summed E-state index contributed by atoms with van der Waals surface area (Å²) >= 11 is 0. The highest BCUT2D eigenvalue weighted by Crippen LogP contribution is 2.50. The Kier molecular flexibility index (Phi) is 2.66. The van der Waals surface area contributed by atoms with Gasteiger partial charge in [0.05, 0.1) is 0 Å². The summed E-state index contributed by atoms with van der Waals surface area (Å²) in [4.78, 5) is 25.7. The van der Waals surface area contributed by atoms with Crippen LogP contribution in [0.5, 0.6) is 0 Å². The van der Waals surface area contributed by atoms with Crippen molar-refractivity contribution in [3.8, 4) is 0 Å². The molecule has 2 atom stereocenters. The highest BCUT2D eigenvalue weighted by molar-refractivity contribution is 5.94. The number of aliphatic hydroxyl groups is 1. The smallest absolute Gasteiger partial charge is 0.276 e. The third-order valence-electron chi connectivity index (χ3n) is 5.26. The maximum atomic E-state index is 12.7. The van der Waals surface area contributed by atoms with E-state index in [4.69, 9.17) is 0 Å². The molecule has 2 unspecified atom stereocenters. The highest BCUT2D eigenvalue weighted by atomic mass is 16.3. The predicted molar refractivity (Wildman–Crippen MR) is 76.2 cm³/mol. The Balaban J connectivity index is 1.73. The zero-order valence-corrected chi connectivity index (χ0v) is 11.8. The molecule has 6 heteroatoms. The van der Waals surface area contributed by atoms with Crippen molar-refractivity contribution in [2.24, 2.45) is 5.41 Å². The topological polar surface area (TPSA) is 74.6 Å². The van der Waals surface area contributed by atoms with Crippen LogP contribution in [0.25, 0.3) is 0 Å². The lowest BCUT2D eigenvalue weighted by molar-refractivity contribution is -0.0508. The SMILES string of the molecule is O=C1c2cc(=O)ccn2NC2CC3(CCCCC3)C(O)N12. The summed E-state index contributed by atoms with van der Waals surface area (Å²) in [5, 5.41) is 10.7. The highest BCUT2D eigenvalue weighted by Gasteiger charge is 2.55. The molecule has 112 valence electrons. The summed E-state index contributed by atoms with van der Waals surface area (Å²) in [6.45, 7) is 0. The van der Waals surface area contributed by atoms with Crippen molar-refractivity contribution in [3.05, 3.63) is 34.2 Å². The molecule has 2 aliphatic heterocycles. The standard InChI is InChI=1S/C15H19N3O3/c19-10-4-7-17-11(8-10)13(20)18-12(16-17)9-15(14(18)21)5-2-1-3-6-15/h4,7-8,12,14,16,21H,1-3,5-6,9H2. The Morgan fingerprint density at radius 2 is 2.00 bits per heavy atom. The van der Waals surface area contributed by atoms with Crippen LogP contribution in [-0.4, -0.2) is 33.0 Å². The van der Waals surface area contributed by atoms with Gasteiger partial charge in [-0.05, 0) is 19.3 Å². The first-order chi connectivity index (χ1) is 10.1. The minimum absolute atomic E-state index is 0.186. The Bertz CT molecular complexity index is 648. The van der Waals surface area contributed by atoms with E-state index < -0.39 is 6.23 Å². The minimum Gasteiger partial charge on any atom is -0.373 e. The number of nitrogens with one attached hydrogen (secondary N) is 1. The van der Waals surface area contributed by atoms with Gasteiger partial charge in [0.1, 0.15) is 18.1 Å². The number of pyridine rings is 1. The van der Waals surface area contributed by atoms with Gasteiger partial charge in [-0.1, -0.05) is 19.3 Å². The van der Waals surface area contributed by atoms with Gasteiger partial charge >= 0.3 is 0 Å². The molecule has 1 saturated carbocycles. The molecule has 1 aromatic rings. The van der Waals surface area contributed by atoms with Crippen LogP contribution in [0.3, 0.4) is 0 Å². The first-order valence-corrected chi connectivity index (χ1v) is 7.61. The first kappa shape index (κ1) is 12.9. The lowest BCUT2D eigenvalue weighted by Crippen LogP contribution is -2.54. The summed E-state index contributed by atoms with van der Waals surface area (Å²) in [6.07, 6.45) is 6.75. The summed E-state index contributed by atoms with van der Waals surface area (Å²) in [5.74, 6) is -0.258. The van der Waals surface area contributed by atoms with Crippen LogP contribution < -0.4 is 10.9 Å². The Morgan fingerprint density at radius 3 is 2.76 bits per heavy atom. The lowest BCUT2D eigenvalue weighted by Gasteiger charge is -2.38. The fourth-order valence-corrected chi connectivity index (χ4v) is 4.18. The Morgan fingerprint density at radius 1 is 1.24 bits per heavy atom. The fourth-order valence-electron chi connectivity index (χ4n) is 4.18. The molecule has 6 nitrogen and oxygen atoms in total. The molecule has 0 radical (unpaired) electrons. The molecular weight excluding hydrogens is 270 g/mol. The van der Waals surface area contributed by atoms with Gasteiger partial charge in [0.25, 0.3) is 5.91 Å². The summed E-state index contributed by atoms with van der Waals surface area (Å²) < 4.78 is 1.61. The maximum absolute atomic E-state index is 12.7. The van der Waals surface area contributed by atoms with Crippen molar-refractivity contribution in [1.82, 2.24) is 9.58 Å². The minimum atomic E-state index is -0.758. The number of carbonyl (C=O) groups is 1. The van der Waals surface area contributed by atoms with Crippen molar-refractivity contribution in [2.75, 3.05) is 5.43 Å². The van der Waals surface area contributed by atoms with Crippen molar-refractivity contribution >= 4 is 5.91 Å². The molecule has 1 amide bonds. The van der Waals surface area contributed by atoms with Gasteiger partial charge in [0, 0.05) is 23.7 Å². The number of rotatable bonds is 0. The van der Waals surface area contributed by atoms with E-state index in [1.165, 1.54) is 23.5 Å². The quantitative estimate of drug-likeness (QED) is 0.742. The number of amides is 1. The monoisotopic (exact) mass is 289 g/mol. The molecule has 3 heterocycles. The van der Waals surface area contributed by atoms with Gasteiger partial charge in [-0.15, -0.1) is 0 Å². The van der Waals surface area contributed by atoms with Crippen LogP contribution >= 0.6 is 0 Å². The molecule has 0 bridgehead atoms. The molecule has 2 N–H and O–H groups in total. The second kappa shape index (κ2) is 4.34. The summed E-state index contributed by atoms with van der Waals surface area (Å²) in [5.41, 5.74) is 3.15. The van der Waals surface area contributed by atoms with E-state index in [0.717, 1.165) is 32.1 Å². The molecule has 21 heavy (non-hydrogen) atoms. The molecule has 1 aromatic heterocycles. The van der Waals surface area contributed by atoms with E-state index in [0.29, 0.717) is 5.69 Å². The number of nitrogens with zero attached hydrogens (tertiary/aromatic N) is 2. The molecule has 1 saturated heterocycles. The average Bonchev–Trinajstić information content (AvgIpc) is 2.74.